The molecule has 17 heavy (non-hydrogen) atoms. The Hall–Kier alpha value is -0.690. The van der Waals surface area contributed by atoms with Gasteiger partial charge in [-0.1, -0.05) is 22.9 Å². The fraction of sp³-hybridized carbons (Fsp3) is 0.400. The summed E-state index contributed by atoms with van der Waals surface area (Å²) in [6.45, 7) is 2.24. The molecular formula is C10H10Br2FNO3. The van der Waals surface area contributed by atoms with Gasteiger partial charge in [-0.2, -0.15) is 0 Å². The number of nitro groups is 1. The summed E-state index contributed by atoms with van der Waals surface area (Å²) in [5, 5.41) is 11.5. The molecule has 0 saturated carbocycles. The van der Waals surface area contributed by atoms with Gasteiger partial charge in [0.25, 0.3) is 0 Å². The highest BCUT2D eigenvalue weighted by molar-refractivity contribution is 9.10. The van der Waals surface area contributed by atoms with Crippen LogP contribution in [0.5, 0.6) is 5.75 Å². The molecule has 94 valence electrons. The van der Waals surface area contributed by atoms with E-state index in [1.807, 2.05) is 6.92 Å². The highest BCUT2D eigenvalue weighted by atomic mass is 79.9. The van der Waals surface area contributed by atoms with E-state index < -0.39 is 10.7 Å². The van der Waals surface area contributed by atoms with E-state index >= 15 is 0 Å². The zero-order chi connectivity index (χ0) is 13.0. The van der Waals surface area contributed by atoms with Crippen LogP contribution in [0.3, 0.4) is 0 Å². The standard InChI is InChI=1S/C10H10Br2FNO3/c1-6(4-11)5-17-10-8(12)2-7(13)3-9(10)14(15)16/h2-3,6H,4-5H2,1H3. The SMILES string of the molecule is CC(CBr)COc1c(Br)cc(F)cc1[N+](=O)[O-]. The first-order valence-corrected chi connectivity index (χ1v) is 6.69. The fourth-order valence-electron chi connectivity index (χ4n) is 1.10. The molecule has 0 aromatic heterocycles. The molecule has 0 amide bonds. The van der Waals surface area contributed by atoms with Crippen molar-refractivity contribution in [2.24, 2.45) is 5.92 Å². The van der Waals surface area contributed by atoms with E-state index in [9.17, 15) is 14.5 Å². The maximum atomic E-state index is 13.0. The lowest BCUT2D eigenvalue weighted by molar-refractivity contribution is -0.386. The number of halogens is 3. The van der Waals surface area contributed by atoms with Crippen LogP contribution in [0, 0.1) is 21.8 Å². The van der Waals surface area contributed by atoms with E-state index in [1.165, 1.54) is 0 Å². The quantitative estimate of drug-likeness (QED) is 0.448. The Morgan fingerprint density at radius 3 is 2.76 bits per heavy atom. The van der Waals surface area contributed by atoms with E-state index in [-0.39, 0.29) is 21.8 Å². The lowest BCUT2D eigenvalue weighted by atomic mass is 10.2. The van der Waals surface area contributed by atoms with Crippen LogP contribution in [-0.4, -0.2) is 16.9 Å². The predicted octanol–water partition coefficient (Wildman–Crippen LogP) is 3.91. The van der Waals surface area contributed by atoms with Crippen molar-refractivity contribution in [3.8, 4) is 5.75 Å². The molecule has 4 nitrogen and oxygen atoms in total. The van der Waals surface area contributed by atoms with Gasteiger partial charge in [0.2, 0.25) is 5.75 Å². The molecule has 1 aromatic carbocycles. The Bertz CT molecular complexity index is 428. The van der Waals surface area contributed by atoms with Gasteiger partial charge in [0, 0.05) is 5.33 Å². The van der Waals surface area contributed by atoms with Crippen LogP contribution in [0.4, 0.5) is 10.1 Å². The van der Waals surface area contributed by atoms with Gasteiger partial charge >= 0.3 is 5.69 Å². The van der Waals surface area contributed by atoms with Crippen molar-refractivity contribution in [1.29, 1.82) is 0 Å². The number of benzene rings is 1. The van der Waals surface area contributed by atoms with Crippen LogP contribution in [0.2, 0.25) is 0 Å². The third-order valence-corrected chi connectivity index (χ3v) is 3.66. The minimum atomic E-state index is -0.676. The average molecular weight is 371 g/mol. The summed E-state index contributed by atoms with van der Waals surface area (Å²) >= 11 is 6.34. The monoisotopic (exact) mass is 369 g/mol. The summed E-state index contributed by atoms with van der Waals surface area (Å²) < 4.78 is 18.6. The Morgan fingerprint density at radius 1 is 1.59 bits per heavy atom. The molecule has 1 unspecified atom stereocenters. The lowest BCUT2D eigenvalue weighted by Crippen LogP contribution is -2.11. The molecule has 0 fully saturated rings. The smallest absolute Gasteiger partial charge is 0.315 e. The number of hydrogen-bond donors (Lipinski definition) is 0. The molecule has 0 saturated heterocycles. The van der Waals surface area contributed by atoms with Gasteiger partial charge in [-0.25, -0.2) is 4.39 Å². The maximum absolute atomic E-state index is 13.0. The summed E-state index contributed by atoms with van der Waals surface area (Å²) in [7, 11) is 0. The molecule has 0 N–H and O–H groups in total. The molecule has 0 aliphatic rings. The molecule has 7 heteroatoms. The van der Waals surface area contributed by atoms with Gasteiger partial charge in [-0.05, 0) is 27.9 Å². The molecule has 0 aliphatic carbocycles. The highest BCUT2D eigenvalue weighted by Crippen LogP contribution is 2.36. The predicted molar refractivity (Wildman–Crippen MR) is 69.2 cm³/mol. The van der Waals surface area contributed by atoms with E-state index in [2.05, 4.69) is 31.9 Å². The van der Waals surface area contributed by atoms with Crippen molar-refractivity contribution in [2.45, 2.75) is 6.92 Å². The summed E-state index contributed by atoms with van der Waals surface area (Å²) in [5.74, 6) is -0.416. The lowest BCUT2D eigenvalue weighted by Gasteiger charge is -2.11. The van der Waals surface area contributed by atoms with Gasteiger partial charge in [-0.3, -0.25) is 10.1 Å². The fourth-order valence-corrected chi connectivity index (χ4v) is 1.82. The summed E-state index contributed by atoms with van der Waals surface area (Å²) in [6, 6.07) is 1.99. The summed E-state index contributed by atoms with van der Waals surface area (Å²) in [6.07, 6.45) is 0. The van der Waals surface area contributed by atoms with E-state index in [4.69, 9.17) is 4.74 Å². The molecule has 1 rings (SSSR count). The zero-order valence-electron chi connectivity index (χ0n) is 8.95. The molecule has 0 bridgehead atoms. The molecule has 0 aliphatic heterocycles. The third kappa shape index (κ3) is 3.92. The zero-order valence-corrected chi connectivity index (χ0v) is 12.1. The second-order valence-electron chi connectivity index (χ2n) is 3.56. The number of rotatable bonds is 5. The molecule has 1 aromatic rings. The van der Waals surface area contributed by atoms with Crippen molar-refractivity contribution >= 4 is 37.5 Å². The first-order valence-electron chi connectivity index (χ1n) is 4.78. The van der Waals surface area contributed by atoms with Crippen LogP contribution in [0.15, 0.2) is 16.6 Å². The van der Waals surface area contributed by atoms with Gasteiger partial charge in [0.05, 0.1) is 22.1 Å². The van der Waals surface area contributed by atoms with Crippen LogP contribution in [-0.2, 0) is 0 Å². The van der Waals surface area contributed by atoms with Crippen LogP contribution >= 0.6 is 31.9 Å². The average Bonchev–Trinajstić information content (AvgIpc) is 2.26. The van der Waals surface area contributed by atoms with E-state index in [1.54, 1.807) is 0 Å². The van der Waals surface area contributed by atoms with E-state index in [0.717, 1.165) is 17.5 Å². The van der Waals surface area contributed by atoms with Gasteiger partial charge in [0.1, 0.15) is 5.82 Å². The second kappa shape index (κ2) is 6.30. The van der Waals surface area contributed by atoms with Crippen molar-refractivity contribution in [2.75, 3.05) is 11.9 Å². The van der Waals surface area contributed by atoms with Gasteiger partial charge in [0.15, 0.2) is 0 Å². The molecular weight excluding hydrogens is 361 g/mol. The molecule has 0 heterocycles. The minimum Gasteiger partial charge on any atom is -0.486 e. The Morgan fingerprint density at radius 2 is 2.24 bits per heavy atom. The largest absolute Gasteiger partial charge is 0.486 e. The number of ether oxygens (including phenoxy) is 1. The van der Waals surface area contributed by atoms with Crippen LogP contribution < -0.4 is 4.74 Å². The van der Waals surface area contributed by atoms with Gasteiger partial charge < -0.3 is 4.74 Å². The van der Waals surface area contributed by atoms with Crippen LogP contribution in [0.1, 0.15) is 6.92 Å². The third-order valence-electron chi connectivity index (χ3n) is 1.96. The van der Waals surface area contributed by atoms with Crippen LogP contribution in [0.25, 0.3) is 0 Å². The normalized spacial score (nSPS) is 12.2. The van der Waals surface area contributed by atoms with Crippen molar-refractivity contribution < 1.29 is 14.1 Å². The number of nitrogens with zero attached hydrogens (tertiary/aromatic N) is 1. The molecule has 0 spiro atoms. The minimum absolute atomic E-state index is 0.0594. The maximum Gasteiger partial charge on any atom is 0.315 e. The highest BCUT2D eigenvalue weighted by Gasteiger charge is 2.21. The van der Waals surface area contributed by atoms with Gasteiger partial charge in [-0.15, -0.1) is 0 Å². The topological polar surface area (TPSA) is 52.4 Å². The Labute approximate surface area is 115 Å². The van der Waals surface area contributed by atoms with E-state index in [0.29, 0.717) is 6.61 Å². The Balaban J connectivity index is 3.00. The number of nitro benzene ring substituents is 1. The van der Waals surface area contributed by atoms with Crippen molar-refractivity contribution in [3.63, 3.8) is 0 Å². The Kier molecular flexibility index (Phi) is 5.32. The summed E-state index contributed by atoms with van der Waals surface area (Å²) in [4.78, 5) is 10.1. The molecule has 0 radical (unpaired) electrons. The second-order valence-corrected chi connectivity index (χ2v) is 5.07. The summed E-state index contributed by atoms with van der Waals surface area (Å²) in [5.41, 5.74) is -0.376. The number of alkyl halides is 1. The molecule has 1 atom stereocenters. The first-order chi connectivity index (χ1) is 7.95. The first kappa shape index (κ1) is 14.4. The number of hydrogen-bond acceptors (Lipinski definition) is 3. The van der Waals surface area contributed by atoms with Crippen molar-refractivity contribution in [3.05, 3.63) is 32.5 Å². The van der Waals surface area contributed by atoms with Crippen molar-refractivity contribution in [1.82, 2.24) is 0 Å².